The summed E-state index contributed by atoms with van der Waals surface area (Å²) in [5, 5.41) is 5.53. The highest BCUT2D eigenvalue weighted by molar-refractivity contribution is 6.24. The van der Waals surface area contributed by atoms with Crippen molar-refractivity contribution in [2.45, 2.75) is 44.3 Å². The quantitative estimate of drug-likeness (QED) is 0.723. The third-order valence-electron chi connectivity index (χ3n) is 5.86. The number of nitrogens with zero attached hydrogens (tertiary/aromatic N) is 2. The van der Waals surface area contributed by atoms with Gasteiger partial charge in [-0.1, -0.05) is 12.1 Å². The van der Waals surface area contributed by atoms with E-state index >= 15 is 0 Å². The fourth-order valence-electron chi connectivity index (χ4n) is 4.39. The Hall–Kier alpha value is -2.58. The number of imide groups is 2. The van der Waals surface area contributed by atoms with E-state index in [1.54, 1.807) is 12.1 Å². The number of carbonyl (C=O) groups is 4. The van der Waals surface area contributed by atoms with E-state index < -0.39 is 23.8 Å². The summed E-state index contributed by atoms with van der Waals surface area (Å²) < 4.78 is 0. The molecule has 8 nitrogen and oxygen atoms in total. The molecule has 1 aromatic carbocycles. The first kappa shape index (κ1) is 18.8. The van der Waals surface area contributed by atoms with Crippen molar-refractivity contribution in [3.05, 3.63) is 34.9 Å². The van der Waals surface area contributed by atoms with Crippen molar-refractivity contribution in [2.24, 2.45) is 0 Å². The van der Waals surface area contributed by atoms with Crippen LogP contribution < -0.4 is 10.6 Å². The smallest absolute Gasteiger partial charge is 0.262 e. The van der Waals surface area contributed by atoms with Gasteiger partial charge in [-0.05, 0) is 44.5 Å². The van der Waals surface area contributed by atoms with Gasteiger partial charge in [0.1, 0.15) is 6.04 Å². The molecule has 0 saturated carbocycles. The van der Waals surface area contributed by atoms with E-state index in [0.29, 0.717) is 23.7 Å². The number of nitrogens with one attached hydrogen (secondary N) is 2. The number of benzene rings is 1. The second kappa shape index (κ2) is 7.44. The number of carbonyl (C=O) groups excluding carboxylic acids is 4. The molecule has 148 valence electrons. The van der Waals surface area contributed by atoms with Crippen molar-refractivity contribution in [3.8, 4) is 0 Å². The standard InChI is InChI=1S/C20H24N4O4/c1-21-13-5-3-9-23(11-13)10-12-4-2-6-14-17(12)20(28)24(19(14)27)15-7-8-16(25)22-18(15)26/h2,4,6,13,15,21H,3,5,7-11H2,1H3,(H,22,25,26). The maximum absolute atomic E-state index is 13.1. The van der Waals surface area contributed by atoms with E-state index in [0.717, 1.165) is 36.4 Å². The van der Waals surface area contributed by atoms with Crippen LogP contribution in [0.4, 0.5) is 0 Å². The Kier molecular flexibility index (Phi) is 4.99. The molecule has 3 aliphatic heterocycles. The molecule has 2 saturated heterocycles. The minimum absolute atomic E-state index is 0.121. The Bertz CT molecular complexity index is 853. The van der Waals surface area contributed by atoms with Gasteiger partial charge in [-0.25, -0.2) is 0 Å². The molecule has 0 radical (unpaired) electrons. The molecule has 0 bridgehead atoms. The maximum Gasteiger partial charge on any atom is 0.262 e. The maximum atomic E-state index is 13.1. The highest BCUT2D eigenvalue weighted by Crippen LogP contribution is 2.30. The zero-order chi connectivity index (χ0) is 19.8. The number of hydrogen-bond acceptors (Lipinski definition) is 6. The summed E-state index contributed by atoms with van der Waals surface area (Å²) in [4.78, 5) is 53.0. The molecule has 2 unspecified atom stereocenters. The van der Waals surface area contributed by atoms with Crippen molar-refractivity contribution in [2.75, 3.05) is 20.1 Å². The summed E-state index contributed by atoms with van der Waals surface area (Å²) in [6.45, 7) is 2.42. The van der Waals surface area contributed by atoms with Gasteiger partial charge in [-0.15, -0.1) is 0 Å². The van der Waals surface area contributed by atoms with Crippen LogP contribution in [0.2, 0.25) is 0 Å². The van der Waals surface area contributed by atoms with Crippen molar-refractivity contribution >= 4 is 23.6 Å². The van der Waals surface area contributed by atoms with Gasteiger partial charge in [-0.3, -0.25) is 34.3 Å². The molecule has 28 heavy (non-hydrogen) atoms. The number of rotatable bonds is 4. The summed E-state index contributed by atoms with van der Waals surface area (Å²) in [5.41, 5.74) is 1.54. The lowest BCUT2D eigenvalue weighted by Crippen LogP contribution is -2.54. The van der Waals surface area contributed by atoms with E-state index in [1.807, 2.05) is 13.1 Å². The molecule has 0 aromatic heterocycles. The minimum Gasteiger partial charge on any atom is -0.316 e. The molecule has 0 spiro atoms. The average molecular weight is 384 g/mol. The molecule has 1 aromatic rings. The first-order valence-electron chi connectivity index (χ1n) is 9.72. The molecule has 3 aliphatic rings. The zero-order valence-corrected chi connectivity index (χ0v) is 15.9. The zero-order valence-electron chi connectivity index (χ0n) is 15.9. The van der Waals surface area contributed by atoms with Crippen LogP contribution >= 0.6 is 0 Å². The number of fused-ring (bicyclic) bond motifs is 1. The number of likely N-dealkylation sites (N-methyl/N-ethyl adjacent to an activating group) is 1. The number of likely N-dealkylation sites (tertiary alicyclic amines) is 1. The largest absolute Gasteiger partial charge is 0.316 e. The lowest BCUT2D eigenvalue weighted by Gasteiger charge is -2.32. The van der Waals surface area contributed by atoms with Crippen LogP contribution in [0.3, 0.4) is 0 Å². The van der Waals surface area contributed by atoms with Crippen molar-refractivity contribution < 1.29 is 19.2 Å². The highest BCUT2D eigenvalue weighted by Gasteiger charge is 2.45. The van der Waals surface area contributed by atoms with Gasteiger partial charge in [-0.2, -0.15) is 0 Å². The van der Waals surface area contributed by atoms with Gasteiger partial charge < -0.3 is 5.32 Å². The predicted octanol–water partition coefficient (Wildman–Crippen LogP) is 0.272. The Balaban J connectivity index is 1.59. The van der Waals surface area contributed by atoms with Crippen LogP contribution in [-0.4, -0.2) is 65.6 Å². The summed E-state index contributed by atoms with van der Waals surface area (Å²) in [6, 6.07) is 4.79. The van der Waals surface area contributed by atoms with Crippen LogP contribution in [-0.2, 0) is 16.1 Å². The van der Waals surface area contributed by atoms with Crippen LogP contribution in [0.5, 0.6) is 0 Å². The van der Waals surface area contributed by atoms with Gasteiger partial charge in [0.15, 0.2) is 0 Å². The molecular weight excluding hydrogens is 360 g/mol. The first-order chi connectivity index (χ1) is 13.5. The van der Waals surface area contributed by atoms with Crippen LogP contribution in [0, 0.1) is 0 Å². The second-order valence-corrected chi connectivity index (χ2v) is 7.65. The van der Waals surface area contributed by atoms with E-state index in [9.17, 15) is 19.2 Å². The monoisotopic (exact) mass is 384 g/mol. The van der Waals surface area contributed by atoms with Crippen LogP contribution in [0.25, 0.3) is 0 Å². The Morgan fingerprint density at radius 2 is 1.96 bits per heavy atom. The molecule has 3 heterocycles. The third-order valence-corrected chi connectivity index (χ3v) is 5.86. The van der Waals surface area contributed by atoms with E-state index in [2.05, 4.69) is 15.5 Å². The lowest BCUT2D eigenvalue weighted by atomic mass is 10.00. The van der Waals surface area contributed by atoms with Gasteiger partial charge >= 0.3 is 0 Å². The topological polar surface area (TPSA) is 98.8 Å². The normalized spacial score (nSPS) is 25.8. The van der Waals surface area contributed by atoms with Crippen LogP contribution in [0.1, 0.15) is 52.0 Å². The van der Waals surface area contributed by atoms with Gasteiger partial charge in [0, 0.05) is 25.6 Å². The van der Waals surface area contributed by atoms with Crippen molar-refractivity contribution in [3.63, 3.8) is 0 Å². The van der Waals surface area contributed by atoms with Gasteiger partial charge in [0.05, 0.1) is 11.1 Å². The molecule has 4 rings (SSSR count). The fourth-order valence-corrected chi connectivity index (χ4v) is 4.39. The molecule has 2 fully saturated rings. The molecule has 8 heteroatoms. The van der Waals surface area contributed by atoms with Crippen molar-refractivity contribution in [1.82, 2.24) is 20.4 Å². The van der Waals surface area contributed by atoms with E-state index in [4.69, 9.17) is 0 Å². The number of piperidine rings is 2. The van der Waals surface area contributed by atoms with Crippen molar-refractivity contribution in [1.29, 1.82) is 0 Å². The summed E-state index contributed by atoms with van der Waals surface area (Å²) >= 11 is 0. The Morgan fingerprint density at radius 1 is 1.14 bits per heavy atom. The van der Waals surface area contributed by atoms with Gasteiger partial charge in [0.2, 0.25) is 11.8 Å². The fraction of sp³-hybridized carbons (Fsp3) is 0.500. The van der Waals surface area contributed by atoms with Gasteiger partial charge in [0.25, 0.3) is 11.8 Å². The first-order valence-corrected chi connectivity index (χ1v) is 9.72. The molecule has 2 atom stereocenters. The predicted molar refractivity (Wildman–Crippen MR) is 100 cm³/mol. The van der Waals surface area contributed by atoms with E-state index in [-0.39, 0.29) is 18.7 Å². The third kappa shape index (κ3) is 3.22. The summed E-state index contributed by atoms with van der Waals surface area (Å²) in [5.74, 6) is -1.85. The molecular formula is C20H24N4O4. The SMILES string of the molecule is CNC1CCCN(Cc2cccc3c2C(=O)N(C2CCC(=O)NC2=O)C3=O)C1. The summed E-state index contributed by atoms with van der Waals surface area (Å²) in [6.07, 6.45) is 2.49. The molecule has 4 amide bonds. The average Bonchev–Trinajstić information content (AvgIpc) is 2.94. The van der Waals surface area contributed by atoms with E-state index in [1.165, 1.54) is 0 Å². The minimum atomic E-state index is -0.929. The summed E-state index contributed by atoms with van der Waals surface area (Å²) in [7, 11) is 1.95. The number of amides is 4. The molecule has 2 N–H and O–H groups in total. The Labute approximate surface area is 163 Å². The van der Waals surface area contributed by atoms with Crippen LogP contribution in [0.15, 0.2) is 18.2 Å². The molecule has 0 aliphatic carbocycles. The highest BCUT2D eigenvalue weighted by atomic mass is 16.2. The second-order valence-electron chi connectivity index (χ2n) is 7.65. The number of hydrogen-bond donors (Lipinski definition) is 2. The lowest BCUT2D eigenvalue weighted by molar-refractivity contribution is -0.136. The Morgan fingerprint density at radius 3 is 2.71 bits per heavy atom.